The number of hydrogen-bond donors (Lipinski definition) is 4. The summed E-state index contributed by atoms with van der Waals surface area (Å²) in [6, 6.07) is 6.21. The monoisotopic (exact) mass is 793 g/mol. The first-order valence-corrected chi connectivity index (χ1v) is 18.0. The van der Waals surface area contributed by atoms with Crippen molar-refractivity contribution in [2.75, 3.05) is 58.9 Å². The van der Waals surface area contributed by atoms with Gasteiger partial charge in [0.1, 0.15) is 18.0 Å². The number of aliphatic hydroxyl groups is 1. The van der Waals surface area contributed by atoms with Gasteiger partial charge in [0.2, 0.25) is 18.6 Å². The van der Waals surface area contributed by atoms with Crippen LogP contribution in [0.5, 0.6) is 11.5 Å². The molecule has 18 heteroatoms. The van der Waals surface area contributed by atoms with Crippen molar-refractivity contribution in [3.63, 3.8) is 0 Å². The first kappa shape index (κ1) is 42.3. The molecule has 3 aliphatic carbocycles. The van der Waals surface area contributed by atoms with Gasteiger partial charge in [0.25, 0.3) is 0 Å². The number of nitrogens with one attached hydrogen (secondary N) is 1. The highest BCUT2D eigenvalue weighted by atomic mass is 16.7. The fourth-order valence-electron chi connectivity index (χ4n) is 8.08. The first-order valence-electron chi connectivity index (χ1n) is 18.0. The number of ether oxygens (including phenoxy) is 3. The predicted molar refractivity (Wildman–Crippen MR) is 201 cm³/mol. The molecule has 5 rings (SSSR count). The van der Waals surface area contributed by atoms with Crippen molar-refractivity contribution in [3.05, 3.63) is 47.0 Å². The number of fused-ring (bicyclic) bond motifs is 3. The number of anilines is 2. The maximum absolute atomic E-state index is 14.4. The van der Waals surface area contributed by atoms with E-state index in [9.17, 15) is 48.6 Å². The zero-order valence-electron chi connectivity index (χ0n) is 32.9. The molecule has 2 aromatic rings. The first-order chi connectivity index (χ1) is 26.6. The van der Waals surface area contributed by atoms with Crippen LogP contribution in [0.3, 0.4) is 0 Å². The summed E-state index contributed by atoms with van der Waals surface area (Å²) >= 11 is 0. The minimum absolute atomic E-state index is 0.00776. The largest absolute Gasteiger partial charge is 0.505 e. The third-order valence-electron chi connectivity index (χ3n) is 10.8. The molecule has 0 radical (unpaired) electrons. The number of carbonyl (C=O) groups excluding carboxylic acids is 8. The number of nitrogens with two attached hydrogens (primary N) is 1. The van der Waals surface area contributed by atoms with Gasteiger partial charge in [-0.25, -0.2) is 9.59 Å². The molecule has 3 aliphatic rings. The topological polar surface area (TPSA) is 252 Å². The Hall–Kier alpha value is -5.88. The Bertz CT molecular complexity index is 2040. The van der Waals surface area contributed by atoms with Gasteiger partial charge in [0.15, 0.2) is 34.7 Å². The summed E-state index contributed by atoms with van der Waals surface area (Å²) in [7, 11) is 7.78. The zero-order chi connectivity index (χ0) is 42.5. The normalized spacial score (nSPS) is 24.1. The number of rotatable bonds is 10. The fourth-order valence-corrected chi connectivity index (χ4v) is 8.08. The molecule has 0 bridgehead atoms. The molecule has 0 heterocycles. The van der Waals surface area contributed by atoms with Crippen molar-refractivity contribution in [1.29, 1.82) is 0 Å². The number of carbonyl (C=O) groups is 8. The van der Waals surface area contributed by atoms with Crippen molar-refractivity contribution in [1.82, 2.24) is 9.80 Å². The second kappa shape index (κ2) is 15.6. The van der Waals surface area contributed by atoms with Gasteiger partial charge in [0.05, 0.1) is 35.9 Å². The molecule has 0 aliphatic heterocycles. The van der Waals surface area contributed by atoms with E-state index in [0.29, 0.717) is 17.0 Å². The smallest absolute Gasteiger partial charge is 0.413 e. The van der Waals surface area contributed by atoms with Crippen LogP contribution in [0.15, 0.2) is 30.3 Å². The third-order valence-corrected chi connectivity index (χ3v) is 10.8. The van der Waals surface area contributed by atoms with Crippen molar-refractivity contribution >= 4 is 58.4 Å². The van der Waals surface area contributed by atoms with E-state index < -0.39 is 107 Å². The van der Waals surface area contributed by atoms with Crippen LogP contribution in [-0.2, 0) is 39.9 Å². The van der Waals surface area contributed by atoms with Gasteiger partial charge in [-0.2, -0.15) is 0 Å². The number of likely N-dealkylation sites (N-methyl/N-ethyl adjacent to an activating group) is 1. The lowest BCUT2D eigenvalue weighted by Gasteiger charge is -2.52. The van der Waals surface area contributed by atoms with E-state index in [-0.39, 0.29) is 29.7 Å². The minimum atomic E-state index is -2.90. The number of primary amides is 1. The number of phenolic OH excluding ortho intramolecular Hbond substituents is 1. The van der Waals surface area contributed by atoms with E-state index >= 15 is 0 Å². The number of aromatic hydroxyl groups is 1. The molecular formula is C39H47N5O13. The molecule has 5 N–H and O–H groups in total. The van der Waals surface area contributed by atoms with Gasteiger partial charge < -0.3 is 40.4 Å². The summed E-state index contributed by atoms with van der Waals surface area (Å²) in [4.78, 5) is 111. The lowest BCUT2D eigenvalue weighted by Crippen LogP contribution is -2.74. The number of amides is 3. The van der Waals surface area contributed by atoms with Crippen LogP contribution in [-0.4, -0.2) is 133 Å². The Labute approximate surface area is 328 Å². The Morgan fingerprint density at radius 3 is 2.16 bits per heavy atom. The van der Waals surface area contributed by atoms with E-state index in [1.807, 2.05) is 0 Å². The van der Waals surface area contributed by atoms with E-state index in [2.05, 4.69) is 5.32 Å². The molecule has 2 aromatic carbocycles. The second-order valence-electron chi connectivity index (χ2n) is 15.8. The maximum Gasteiger partial charge on any atom is 0.413 e. The number of hydrogen-bond acceptors (Lipinski definition) is 15. The highest BCUT2D eigenvalue weighted by Crippen LogP contribution is 2.52. The number of esters is 1. The van der Waals surface area contributed by atoms with E-state index in [1.54, 1.807) is 51.9 Å². The van der Waals surface area contributed by atoms with E-state index in [1.165, 1.54) is 44.3 Å². The third kappa shape index (κ3) is 7.53. The van der Waals surface area contributed by atoms with Crippen molar-refractivity contribution < 1.29 is 62.8 Å². The number of benzene rings is 2. The summed E-state index contributed by atoms with van der Waals surface area (Å²) in [5, 5.41) is 26.0. The summed E-state index contributed by atoms with van der Waals surface area (Å²) in [5.41, 5.74) is 1.81. The fraction of sp³-hybridized carbons (Fsp3) is 0.487. The van der Waals surface area contributed by atoms with Gasteiger partial charge in [-0.3, -0.25) is 38.6 Å². The van der Waals surface area contributed by atoms with Crippen LogP contribution in [0.2, 0.25) is 0 Å². The molecule has 2 unspecified atom stereocenters. The van der Waals surface area contributed by atoms with Crippen LogP contribution in [0.4, 0.5) is 16.2 Å². The van der Waals surface area contributed by atoms with Crippen LogP contribution in [0.1, 0.15) is 53.5 Å². The van der Waals surface area contributed by atoms with Gasteiger partial charge in [-0.15, -0.1) is 0 Å². The molecule has 2 saturated carbocycles. The Morgan fingerprint density at radius 2 is 1.61 bits per heavy atom. The number of methoxy groups -OCH3 is 1. The summed E-state index contributed by atoms with van der Waals surface area (Å²) in [6.07, 6.45) is -1.13. The zero-order valence-corrected chi connectivity index (χ0v) is 32.9. The number of Topliss-reactive ketones (excluding diaryl/α,β-unsaturated/α-hetero) is 4. The summed E-state index contributed by atoms with van der Waals surface area (Å²) in [5.74, 6) is -13.3. The lowest BCUT2D eigenvalue weighted by molar-refractivity contribution is -0.181. The second-order valence-corrected chi connectivity index (χ2v) is 15.8. The van der Waals surface area contributed by atoms with Gasteiger partial charge >= 0.3 is 12.1 Å². The Balaban J connectivity index is 1.40. The minimum Gasteiger partial charge on any atom is -0.505 e. The molecule has 3 amide bonds. The standard InChI is InChI=1S/C39H47N5O13/c1-38(2,3)44(37(53)57-17-56-36(52)18-9-11-20(55-8)12-10-18)16-25(45)41-23-15-24(42(4)5)21-13-19-14-22-29(43(6)7)32(48)28(35(40)51)34(50)39(22,54)33(49)26(19)31(47)27(21)30(23)46/h9-12,15,19,22,26,28-29,46,54H,13-14,16-17H2,1-8H3,(H2,40,51)(H,41,45)/t19-,22-,26?,28?,29-,39-/m0/s1. The number of phenols is 1. The lowest BCUT2D eigenvalue weighted by atomic mass is 9.52. The highest BCUT2D eigenvalue weighted by Gasteiger charge is 2.69. The van der Waals surface area contributed by atoms with E-state index in [4.69, 9.17) is 19.9 Å². The molecular weight excluding hydrogens is 746 g/mol. The summed E-state index contributed by atoms with van der Waals surface area (Å²) < 4.78 is 15.3. The molecule has 57 heavy (non-hydrogen) atoms. The average molecular weight is 794 g/mol. The molecule has 6 atom stereocenters. The van der Waals surface area contributed by atoms with Gasteiger partial charge in [0, 0.05) is 31.2 Å². The molecule has 0 saturated heterocycles. The molecule has 306 valence electrons. The van der Waals surface area contributed by atoms with Crippen molar-refractivity contribution in [2.45, 2.75) is 50.8 Å². The molecule has 2 fully saturated rings. The molecule has 0 spiro atoms. The van der Waals surface area contributed by atoms with Crippen LogP contribution in [0, 0.1) is 23.7 Å². The van der Waals surface area contributed by atoms with Crippen LogP contribution < -0.4 is 20.7 Å². The Morgan fingerprint density at radius 1 is 0.982 bits per heavy atom. The Kier molecular flexibility index (Phi) is 11.5. The van der Waals surface area contributed by atoms with Crippen LogP contribution in [0.25, 0.3) is 0 Å². The predicted octanol–water partition coefficient (Wildman–Crippen LogP) is 0.932. The SMILES string of the molecule is COc1ccc(C(=O)OCOC(=O)N(CC(=O)Nc2cc(N(C)C)c3c(c2O)C(=O)C2C(=O)[C@]4(O)C(=O)C(C(N)=O)C(=O)[C@@H](N(C)C)[C@@H]4C[C@@H]2C3)C(C)(C)C)cc1. The highest BCUT2D eigenvalue weighted by molar-refractivity contribution is 6.32. The van der Waals surface area contributed by atoms with Crippen molar-refractivity contribution in [3.8, 4) is 11.5 Å². The quantitative estimate of drug-likeness (QED) is 0.113. The number of ketones is 4. The maximum atomic E-state index is 14.4. The summed E-state index contributed by atoms with van der Waals surface area (Å²) in [6.45, 7) is 3.48. The molecule has 18 nitrogen and oxygen atoms in total. The van der Waals surface area contributed by atoms with Crippen molar-refractivity contribution in [2.24, 2.45) is 29.4 Å². The van der Waals surface area contributed by atoms with Crippen LogP contribution >= 0.6 is 0 Å². The average Bonchev–Trinajstić information content (AvgIpc) is 3.12. The van der Waals surface area contributed by atoms with Gasteiger partial charge in [-0.05, 0) is 89.5 Å². The number of nitrogens with zero attached hydrogens (tertiary/aromatic N) is 3. The van der Waals surface area contributed by atoms with Gasteiger partial charge in [-0.1, -0.05) is 0 Å². The molecule has 0 aromatic heterocycles. The van der Waals surface area contributed by atoms with E-state index in [0.717, 1.165) is 4.90 Å².